The maximum atomic E-state index is 12.6. The Morgan fingerprint density at radius 2 is 2.04 bits per heavy atom. The van der Waals surface area contributed by atoms with Crippen LogP contribution in [0, 0.1) is 12.8 Å². The summed E-state index contributed by atoms with van der Waals surface area (Å²) in [6.45, 7) is 7.83. The molecule has 1 aromatic heterocycles. The molecule has 0 saturated carbocycles. The average Bonchev–Trinajstić information content (AvgIpc) is 2.70. The second-order valence-corrected chi connectivity index (χ2v) is 8.27. The van der Waals surface area contributed by atoms with E-state index in [-0.39, 0.29) is 17.9 Å². The number of anilines is 1. The molecule has 1 saturated heterocycles. The number of rotatable bonds is 6. The van der Waals surface area contributed by atoms with E-state index in [1.54, 1.807) is 24.2 Å². The number of nitrogens with zero attached hydrogens (tertiary/aromatic N) is 3. The molecule has 2 atom stereocenters. The van der Waals surface area contributed by atoms with Gasteiger partial charge in [-0.2, -0.15) is 0 Å². The first-order valence-corrected chi connectivity index (χ1v) is 10.5. The first-order chi connectivity index (χ1) is 13.1. The lowest BCUT2D eigenvalue weighted by molar-refractivity contribution is -0.125. The van der Waals surface area contributed by atoms with Gasteiger partial charge in [-0.15, -0.1) is 0 Å². The molecule has 1 fully saturated rings. The summed E-state index contributed by atoms with van der Waals surface area (Å²) in [5.41, 5.74) is 1.24. The van der Waals surface area contributed by atoms with Crippen molar-refractivity contribution < 1.29 is 4.79 Å². The van der Waals surface area contributed by atoms with Crippen molar-refractivity contribution in [1.82, 2.24) is 15.3 Å². The van der Waals surface area contributed by atoms with E-state index in [4.69, 9.17) is 0 Å². The molecule has 2 heterocycles. The third-order valence-electron chi connectivity index (χ3n) is 4.97. The van der Waals surface area contributed by atoms with Crippen molar-refractivity contribution in [1.29, 1.82) is 0 Å². The van der Waals surface area contributed by atoms with Crippen LogP contribution in [0.2, 0.25) is 0 Å². The van der Waals surface area contributed by atoms with E-state index in [1.165, 1.54) is 5.56 Å². The van der Waals surface area contributed by atoms with Crippen molar-refractivity contribution in [3.63, 3.8) is 0 Å². The summed E-state index contributed by atoms with van der Waals surface area (Å²) in [6, 6.07) is 8.65. The summed E-state index contributed by atoms with van der Waals surface area (Å²) in [6.07, 6.45) is 6.33. The highest BCUT2D eigenvalue weighted by atomic mass is 32.2. The topological polar surface area (TPSA) is 58.1 Å². The highest BCUT2D eigenvalue weighted by Crippen LogP contribution is 2.34. The number of aryl methyl sites for hydroxylation is 1. The van der Waals surface area contributed by atoms with Gasteiger partial charge < -0.3 is 10.2 Å². The van der Waals surface area contributed by atoms with Gasteiger partial charge in [-0.25, -0.2) is 9.97 Å². The van der Waals surface area contributed by atoms with Gasteiger partial charge in [0, 0.05) is 36.4 Å². The zero-order valence-electron chi connectivity index (χ0n) is 16.3. The molecule has 144 valence electrons. The van der Waals surface area contributed by atoms with Crippen molar-refractivity contribution in [3.8, 4) is 0 Å². The fraction of sp³-hybridized carbons (Fsp3) is 0.476. The second kappa shape index (κ2) is 9.22. The lowest BCUT2D eigenvalue weighted by Crippen LogP contribution is -2.45. The monoisotopic (exact) mass is 384 g/mol. The molecular weight excluding hydrogens is 356 g/mol. The Morgan fingerprint density at radius 3 is 2.78 bits per heavy atom. The first-order valence-electron chi connectivity index (χ1n) is 9.67. The van der Waals surface area contributed by atoms with Gasteiger partial charge in [-0.1, -0.05) is 36.4 Å². The minimum absolute atomic E-state index is 0.00646. The number of hydrogen-bond donors (Lipinski definition) is 1. The molecule has 0 bridgehead atoms. The van der Waals surface area contributed by atoms with E-state index in [0.717, 1.165) is 41.5 Å². The van der Waals surface area contributed by atoms with Gasteiger partial charge in [-0.3, -0.25) is 4.79 Å². The molecule has 0 unspecified atom stereocenters. The Kier molecular flexibility index (Phi) is 6.72. The highest BCUT2D eigenvalue weighted by Gasteiger charge is 2.28. The highest BCUT2D eigenvalue weighted by molar-refractivity contribution is 7.99. The molecule has 0 aliphatic carbocycles. The molecule has 27 heavy (non-hydrogen) atoms. The van der Waals surface area contributed by atoms with Gasteiger partial charge in [0.1, 0.15) is 5.03 Å². The van der Waals surface area contributed by atoms with Gasteiger partial charge in [0.25, 0.3) is 0 Å². The SMILES string of the molecule is CC[C@H](C)NC(=O)[C@@H]1CCCN(c2nccnc2Sc2ccc(C)cc2)C1. The maximum Gasteiger partial charge on any atom is 0.225 e. The van der Waals surface area contributed by atoms with E-state index >= 15 is 0 Å². The Balaban J connectivity index is 1.73. The molecule has 1 aliphatic heterocycles. The van der Waals surface area contributed by atoms with Gasteiger partial charge >= 0.3 is 0 Å². The van der Waals surface area contributed by atoms with Gasteiger partial charge in [-0.05, 0) is 45.2 Å². The molecule has 1 aliphatic rings. The molecule has 1 N–H and O–H groups in total. The lowest BCUT2D eigenvalue weighted by Gasteiger charge is -2.33. The molecule has 1 amide bonds. The van der Waals surface area contributed by atoms with Crippen LogP contribution in [0.5, 0.6) is 0 Å². The summed E-state index contributed by atoms with van der Waals surface area (Å²) < 4.78 is 0. The standard InChI is InChI=1S/C21H28N4OS/c1-4-16(3)24-20(26)17-6-5-13-25(14-17)19-21(23-12-11-22-19)27-18-9-7-15(2)8-10-18/h7-12,16-17H,4-6,13-14H2,1-3H3,(H,24,26)/t16-,17+/m0/s1. The van der Waals surface area contributed by atoms with Crippen LogP contribution in [0.25, 0.3) is 0 Å². The fourth-order valence-electron chi connectivity index (χ4n) is 3.17. The first kappa shape index (κ1) is 19.7. The predicted octanol–water partition coefficient (Wildman–Crippen LogP) is 4.07. The Labute approximate surface area is 166 Å². The predicted molar refractivity (Wildman–Crippen MR) is 110 cm³/mol. The molecular formula is C21H28N4OS. The molecule has 1 aromatic carbocycles. The molecule has 5 nitrogen and oxygen atoms in total. The van der Waals surface area contributed by atoms with Gasteiger partial charge in [0.15, 0.2) is 5.82 Å². The molecule has 6 heteroatoms. The van der Waals surface area contributed by atoms with E-state index in [1.807, 2.05) is 0 Å². The minimum Gasteiger partial charge on any atom is -0.354 e. The van der Waals surface area contributed by atoms with Crippen LogP contribution in [0.1, 0.15) is 38.7 Å². The number of carbonyl (C=O) groups excluding carboxylic acids is 1. The third kappa shape index (κ3) is 5.22. The van der Waals surface area contributed by atoms with Crippen LogP contribution < -0.4 is 10.2 Å². The molecule has 2 aromatic rings. The minimum atomic E-state index is 0.00646. The van der Waals surface area contributed by atoms with E-state index < -0.39 is 0 Å². The Morgan fingerprint density at radius 1 is 1.30 bits per heavy atom. The van der Waals surface area contributed by atoms with Crippen molar-refractivity contribution in [3.05, 3.63) is 42.2 Å². The number of amides is 1. The van der Waals surface area contributed by atoms with Crippen LogP contribution in [-0.2, 0) is 4.79 Å². The zero-order valence-corrected chi connectivity index (χ0v) is 17.1. The Bertz CT molecular complexity index is 765. The van der Waals surface area contributed by atoms with E-state index in [2.05, 4.69) is 65.2 Å². The van der Waals surface area contributed by atoms with Crippen LogP contribution in [0.3, 0.4) is 0 Å². The maximum absolute atomic E-state index is 12.6. The average molecular weight is 385 g/mol. The summed E-state index contributed by atoms with van der Waals surface area (Å²) >= 11 is 1.62. The van der Waals surface area contributed by atoms with Crippen LogP contribution in [-0.4, -0.2) is 35.0 Å². The summed E-state index contributed by atoms with van der Waals surface area (Å²) in [5.74, 6) is 1.04. The Hall–Kier alpha value is -2.08. The van der Waals surface area contributed by atoms with Gasteiger partial charge in [0.05, 0.1) is 5.92 Å². The molecule has 0 spiro atoms. The normalized spacial score (nSPS) is 18.2. The molecule has 0 radical (unpaired) electrons. The van der Waals surface area contributed by atoms with Crippen molar-refractivity contribution >= 4 is 23.5 Å². The number of nitrogens with one attached hydrogen (secondary N) is 1. The quantitative estimate of drug-likeness (QED) is 0.814. The number of hydrogen-bond acceptors (Lipinski definition) is 5. The largest absolute Gasteiger partial charge is 0.354 e. The smallest absolute Gasteiger partial charge is 0.225 e. The summed E-state index contributed by atoms with van der Waals surface area (Å²) in [7, 11) is 0. The van der Waals surface area contributed by atoms with E-state index in [0.29, 0.717) is 6.54 Å². The number of aromatic nitrogens is 2. The van der Waals surface area contributed by atoms with Crippen LogP contribution in [0.15, 0.2) is 46.6 Å². The number of carbonyl (C=O) groups is 1. The third-order valence-corrected chi connectivity index (χ3v) is 5.96. The summed E-state index contributed by atoms with van der Waals surface area (Å²) in [5, 5.41) is 4.02. The van der Waals surface area contributed by atoms with Crippen LogP contribution in [0.4, 0.5) is 5.82 Å². The summed E-state index contributed by atoms with van der Waals surface area (Å²) in [4.78, 5) is 25.1. The molecule has 3 rings (SSSR count). The van der Waals surface area contributed by atoms with E-state index in [9.17, 15) is 4.79 Å². The van der Waals surface area contributed by atoms with Crippen molar-refractivity contribution in [2.75, 3.05) is 18.0 Å². The number of benzene rings is 1. The van der Waals surface area contributed by atoms with Crippen molar-refractivity contribution in [2.45, 2.75) is 56.0 Å². The number of piperidine rings is 1. The van der Waals surface area contributed by atoms with Crippen molar-refractivity contribution in [2.24, 2.45) is 5.92 Å². The lowest BCUT2D eigenvalue weighted by atomic mass is 9.96. The van der Waals surface area contributed by atoms with Crippen LogP contribution >= 0.6 is 11.8 Å². The van der Waals surface area contributed by atoms with Gasteiger partial charge in [0.2, 0.25) is 5.91 Å². The fourth-order valence-corrected chi connectivity index (χ4v) is 4.05. The second-order valence-electron chi connectivity index (χ2n) is 7.20. The zero-order chi connectivity index (χ0) is 19.2.